The number of nitrogens with zero attached hydrogens (tertiary/aromatic N) is 4. The summed E-state index contributed by atoms with van der Waals surface area (Å²) in [6.07, 6.45) is 4.68. The van der Waals surface area contributed by atoms with Gasteiger partial charge in [-0.15, -0.1) is 11.3 Å². The number of aromatic nitrogens is 4. The molecule has 0 spiro atoms. The fourth-order valence-corrected chi connectivity index (χ4v) is 6.11. The number of nitrogens with one attached hydrogen (secondary N) is 1. The second kappa shape index (κ2) is 7.48. The summed E-state index contributed by atoms with van der Waals surface area (Å²) in [4.78, 5) is 24.8. The second-order valence-electron chi connectivity index (χ2n) is 7.39. The first kappa shape index (κ1) is 19.4. The zero-order chi connectivity index (χ0) is 20.0. The van der Waals surface area contributed by atoms with Gasteiger partial charge < -0.3 is 5.32 Å². The van der Waals surface area contributed by atoms with Crippen molar-refractivity contribution in [3.63, 3.8) is 0 Å². The van der Waals surface area contributed by atoms with E-state index in [4.69, 9.17) is 4.98 Å². The van der Waals surface area contributed by atoms with Crippen LogP contribution >= 0.6 is 23.1 Å². The van der Waals surface area contributed by atoms with Crippen LogP contribution in [0.15, 0.2) is 5.03 Å². The molecule has 0 fully saturated rings. The maximum absolute atomic E-state index is 12.9. The summed E-state index contributed by atoms with van der Waals surface area (Å²) in [6, 6.07) is 0. The van der Waals surface area contributed by atoms with E-state index >= 15 is 0 Å². The number of thioether (sulfide) groups is 1. The normalized spacial score (nSPS) is 14.9. The molecule has 28 heavy (non-hydrogen) atoms. The van der Waals surface area contributed by atoms with Crippen molar-refractivity contribution in [2.24, 2.45) is 7.05 Å². The van der Waals surface area contributed by atoms with E-state index < -0.39 is 0 Å². The van der Waals surface area contributed by atoms with Gasteiger partial charge in [0.05, 0.1) is 22.3 Å². The van der Waals surface area contributed by atoms with E-state index in [1.165, 1.54) is 40.4 Å². The summed E-state index contributed by atoms with van der Waals surface area (Å²) >= 11 is 3.32. The molecule has 1 amide bonds. The van der Waals surface area contributed by atoms with Crippen molar-refractivity contribution in [2.75, 3.05) is 5.32 Å². The molecule has 1 aliphatic rings. The Morgan fingerprint density at radius 2 is 1.96 bits per heavy atom. The smallest absolute Gasteiger partial charge is 0.237 e. The highest BCUT2D eigenvalue weighted by Gasteiger charge is 2.24. The van der Waals surface area contributed by atoms with Crippen molar-refractivity contribution in [3.05, 3.63) is 27.7 Å². The highest BCUT2D eigenvalue weighted by Crippen LogP contribution is 2.40. The maximum atomic E-state index is 12.9. The molecule has 1 atom stereocenters. The van der Waals surface area contributed by atoms with Crippen LogP contribution in [0.2, 0.25) is 0 Å². The third-order valence-corrected chi connectivity index (χ3v) is 7.58. The molecule has 148 valence electrons. The minimum atomic E-state index is -0.268. The molecule has 0 aromatic carbocycles. The standard InChI is InChI=1S/C20H25N5OS2/c1-10-17(11(2)25(5)24-10)23-18(26)12(3)27-19-16-14-8-6-7-9-15(14)28-20(16)22-13(4)21-19/h12H,6-9H2,1-5H3,(H,23,26)/t12-/m0/s1. The lowest BCUT2D eigenvalue weighted by molar-refractivity contribution is -0.115. The van der Waals surface area contributed by atoms with Gasteiger partial charge in [-0.05, 0) is 58.9 Å². The van der Waals surface area contributed by atoms with Crippen LogP contribution in [0.4, 0.5) is 5.69 Å². The van der Waals surface area contributed by atoms with Crippen molar-refractivity contribution in [1.29, 1.82) is 0 Å². The summed E-state index contributed by atoms with van der Waals surface area (Å²) < 4.78 is 1.79. The van der Waals surface area contributed by atoms with Gasteiger partial charge in [-0.3, -0.25) is 9.48 Å². The number of amides is 1. The largest absolute Gasteiger partial charge is 0.322 e. The molecule has 4 rings (SSSR count). The number of carbonyl (C=O) groups is 1. The van der Waals surface area contributed by atoms with Crippen LogP contribution in [0.5, 0.6) is 0 Å². The van der Waals surface area contributed by atoms with Crippen LogP contribution in [-0.2, 0) is 24.7 Å². The van der Waals surface area contributed by atoms with E-state index in [1.807, 2.05) is 34.7 Å². The number of fused-ring (bicyclic) bond motifs is 3. The van der Waals surface area contributed by atoms with E-state index in [-0.39, 0.29) is 11.2 Å². The van der Waals surface area contributed by atoms with E-state index in [1.54, 1.807) is 16.0 Å². The fraction of sp³-hybridized carbons (Fsp3) is 0.500. The van der Waals surface area contributed by atoms with Crippen LogP contribution in [-0.4, -0.2) is 30.9 Å². The van der Waals surface area contributed by atoms with Gasteiger partial charge in [0, 0.05) is 17.3 Å². The molecular formula is C20H25N5OS2. The first-order valence-electron chi connectivity index (χ1n) is 9.61. The summed E-state index contributed by atoms with van der Waals surface area (Å²) in [5.74, 6) is 0.734. The number of anilines is 1. The predicted molar refractivity (Wildman–Crippen MR) is 115 cm³/mol. The average Bonchev–Trinajstić information content (AvgIpc) is 3.13. The van der Waals surface area contributed by atoms with Crippen molar-refractivity contribution >= 4 is 44.9 Å². The highest BCUT2D eigenvalue weighted by molar-refractivity contribution is 8.00. The lowest BCUT2D eigenvalue weighted by atomic mass is 9.97. The van der Waals surface area contributed by atoms with Crippen LogP contribution in [0, 0.1) is 20.8 Å². The van der Waals surface area contributed by atoms with Crippen LogP contribution in [0.3, 0.4) is 0 Å². The highest BCUT2D eigenvalue weighted by atomic mass is 32.2. The maximum Gasteiger partial charge on any atom is 0.237 e. The third kappa shape index (κ3) is 3.43. The number of aryl methyl sites for hydroxylation is 5. The minimum absolute atomic E-state index is 0.0299. The van der Waals surface area contributed by atoms with E-state index in [9.17, 15) is 4.79 Å². The number of thiophene rings is 1. The molecule has 6 nitrogen and oxygen atoms in total. The Balaban J connectivity index is 1.62. The first-order valence-corrected chi connectivity index (χ1v) is 11.3. The van der Waals surface area contributed by atoms with Crippen molar-refractivity contribution in [3.8, 4) is 0 Å². The van der Waals surface area contributed by atoms with Crippen molar-refractivity contribution in [1.82, 2.24) is 19.7 Å². The Kier molecular flexibility index (Phi) is 5.18. The lowest BCUT2D eigenvalue weighted by Gasteiger charge is -2.15. The van der Waals surface area contributed by atoms with Gasteiger partial charge in [-0.1, -0.05) is 11.8 Å². The second-order valence-corrected chi connectivity index (χ2v) is 9.80. The average molecular weight is 416 g/mol. The summed E-state index contributed by atoms with van der Waals surface area (Å²) in [5.41, 5.74) is 3.99. The van der Waals surface area contributed by atoms with Gasteiger partial charge in [0.25, 0.3) is 0 Å². The molecule has 0 bridgehead atoms. The Morgan fingerprint density at radius 3 is 2.68 bits per heavy atom. The Morgan fingerprint density at radius 1 is 1.21 bits per heavy atom. The van der Waals surface area contributed by atoms with E-state index in [0.29, 0.717) is 0 Å². The van der Waals surface area contributed by atoms with Crippen LogP contribution in [0.1, 0.15) is 47.4 Å². The van der Waals surface area contributed by atoms with Gasteiger partial charge >= 0.3 is 0 Å². The summed E-state index contributed by atoms with van der Waals surface area (Å²) in [7, 11) is 1.89. The zero-order valence-corrected chi connectivity index (χ0v) is 18.6. The number of carbonyl (C=O) groups excluding carboxylic acids is 1. The molecule has 1 aliphatic carbocycles. The number of rotatable bonds is 4. The van der Waals surface area contributed by atoms with Gasteiger partial charge in [0.1, 0.15) is 15.7 Å². The molecule has 3 heterocycles. The molecule has 0 saturated heterocycles. The quantitative estimate of drug-likeness (QED) is 0.507. The molecule has 0 saturated carbocycles. The topological polar surface area (TPSA) is 72.7 Å². The Hall–Kier alpha value is -1.93. The lowest BCUT2D eigenvalue weighted by Crippen LogP contribution is -2.23. The molecular weight excluding hydrogens is 390 g/mol. The predicted octanol–water partition coefficient (Wildman–Crippen LogP) is 4.35. The number of hydrogen-bond donors (Lipinski definition) is 1. The molecule has 0 unspecified atom stereocenters. The van der Waals surface area contributed by atoms with Crippen molar-refractivity contribution < 1.29 is 4.79 Å². The SMILES string of the molecule is Cc1nc(S[C@@H](C)C(=O)Nc2c(C)nn(C)c2C)c2c3c(sc2n1)CCCC3. The molecule has 0 radical (unpaired) electrons. The minimum Gasteiger partial charge on any atom is -0.322 e. The molecule has 8 heteroatoms. The number of hydrogen-bond acceptors (Lipinski definition) is 6. The molecule has 1 N–H and O–H groups in total. The van der Waals surface area contributed by atoms with E-state index in [2.05, 4.69) is 15.4 Å². The zero-order valence-electron chi connectivity index (χ0n) is 16.9. The molecule has 3 aromatic rings. The van der Waals surface area contributed by atoms with E-state index in [0.717, 1.165) is 45.6 Å². The first-order chi connectivity index (χ1) is 13.3. The van der Waals surface area contributed by atoms with Gasteiger partial charge in [-0.25, -0.2) is 9.97 Å². The van der Waals surface area contributed by atoms with Gasteiger partial charge in [0.15, 0.2) is 0 Å². The van der Waals surface area contributed by atoms with Crippen LogP contribution < -0.4 is 5.32 Å². The molecule has 3 aromatic heterocycles. The monoisotopic (exact) mass is 415 g/mol. The van der Waals surface area contributed by atoms with Gasteiger partial charge in [0.2, 0.25) is 5.91 Å². The third-order valence-electron chi connectivity index (χ3n) is 5.31. The van der Waals surface area contributed by atoms with Crippen LogP contribution in [0.25, 0.3) is 10.2 Å². The Bertz CT molecular complexity index is 1070. The summed E-state index contributed by atoms with van der Waals surface area (Å²) in [6.45, 7) is 7.73. The Labute approximate surface area is 173 Å². The van der Waals surface area contributed by atoms with Crippen molar-refractivity contribution in [2.45, 2.75) is 63.7 Å². The summed E-state index contributed by atoms with van der Waals surface area (Å²) in [5, 5.41) is 9.27. The van der Waals surface area contributed by atoms with Gasteiger partial charge in [-0.2, -0.15) is 5.10 Å². The molecule has 0 aliphatic heterocycles. The fourth-order valence-electron chi connectivity index (χ4n) is 3.71.